The second kappa shape index (κ2) is 5.31. The summed E-state index contributed by atoms with van der Waals surface area (Å²) in [6.45, 7) is 0.261. The highest BCUT2D eigenvalue weighted by Gasteiger charge is 2.06. The van der Waals surface area contributed by atoms with E-state index in [1.54, 1.807) is 4.90 Å². The number of hydrogen-bond donors (Lipinski definition) is 1. The van der Waals surface area contributed by atoms with Crippen molar-refractivity contribution >= 4 is 11.9 Å². The van der Waals surface area contributed by atoms with Crippen molar-refractivity contribution in [1.82, 2.24) is 15.0 Å². The van der Waals surface area contributed by atoms with Crippen LogP contribution in [0.3, 0.4) is 0 Å². The molecule has 0 bridgehead atoms. The maximum atomic E-state index is 5.62. The number of anilines is 2. The van der Waals surface area contributed by atoms with Crippen LogP contribution in [0.1, 0.15) is 5.82 Å². The summed E-state index contributed by atoms with van der Waals surface area (Å²) < 4.78 is 5.55. The average molecular weight is 245 g/mol. The molecule has 0 atom stereocenters. The molecule has 0 aliphatic heterocycles. The van der Waals surface area contributed by atoms with E-state index in [9.17, 15) is 0 Å². The van der Waals surface area contributed by atoms with Crippen molar-refractivity contribution in [1.29, 1.82) is 0 Å². The smallest absolute Gasteiger partial charge is 0.230 e. The maximum Gasteiger partial charge on any atom is 0.230 e. The monoisotopic (exact) mass is 245 g/mol. The minimum Gasteiger partial charge on any atom is -0.486 e. The van der Waals surface area contributed by atoms with Gasteiger partial charge < -0.3 is 15.4 Å². The topological polar surface area (TPSA) is 77.2 Å². The van der Waals surface area contributed by atoms with Crippen LogP contribution in [0.5, 0.6) is 5.75 Å². The first-order valence-electron chi connectivity index (χ1n) is 5.51. The molecule has 0 spiro atoms. The van der Waals surface area contributed by atoms with Gasteiger partial charge in [-0.15, -0.1) is 0 Å². The quantitative estimate of drug-likeness (QED) is 0.869. The van der Waals surface area contributed by atoms with E-state index in [0.717, 1.165) is 5.75 Å². The molecule has 2 aromatic rings. The van der Waals surface area contributed by atoms with Crippen molar-refractivity contribution in [3.05, 3.63) is 36.2 Å². The lowest BCUT2D eigenvalue weighted by atomic mass is 10.3. The molecule has 6 heteroatoms. The van der Waals surface area contributed by atoms with E-state index in [4.69, 9.17) is 10.5 Å². The molecule has 0 saturated heterocycles. The molecule has 0 aliphatic rings. The third-order valence-corrected chi connectivity index (χ3v) is 2.20. The molecule has 2 N–H and O–H groups in total. The highest BCUT2D eigenvalue weighted by molar-refractivity contribution is 5.32. The van der Waals surface area contributed by atoms with Crippen molar-refractivity contribution in [2.24, 2.45) is 0 Å². The first-order chi connectivity index (χ1) is 8.65. The molecule has 0 unspecified atom stereocenters. The van der Waals surface area contributed by atoms with Crippen LogP contribution >= 0.6 is 0 Å². The van der Waals surface area contributed by atoms with Crippen LogP contribution in [-0.4, -0.2) is 29.0 Å². The molecule has 2 rings (SSSR count). The molecule has 0 aliphatic carbocycles. The van der Waals surface area contributed by atoms with E-state index >= 15 is 0 Å². The Morgan fingerprint density at radius 2 is 1.83 bits per heavy atom. The third kappa shape index (κ3) is 3.07. The molecule has 0 amide bonds. The average Bonchev–Trinajstić information content (AvgIpc) is 2.37. The molecule has 94 valence electrons. The molecule has 1 aromatic heterocycles. The number of para-hydroxylation sites is 1. The molecule has 1 heterocycles. The van der Waals surface area contributed by atoms with E-state index < -0.39 is 0 Å². The normalized spacial score (nSPS) is 10.1. The zero-order chi connectivity index (χ0) is 13.0. The zero-order valence-electron chi connectivity index (χ0n) is 10.4. The van der Waals surface area contributed by atoms with Crippen molar-refractivity contribution in [2.45, 2.75) is 6.61 Å². The second-order valence-corrected chi connectivity index (χ2v) is 3.91. The Labute approximate surface area is 105 Å². The summed E-state index contributed by atoms with van der Waals surface area (Å²) in [5.74, 6) is 1.99. The van der Waals surface area contributed by atoms with Crippen molar-refractivity contribution < 1.29 is 4.74 Å². The van der Waals surface area contributed by atoms with Gasteiger partial charge in [0.05, 0.1) is 0 Å². The van der Waals surface area contributed by atoms with E-state index in [1.165, 1.54) is 0 Å². The number of nitrogens with zero attached hydrogens (tertiary/aromatic N) is 4. The molecule has 0 fully saturated rings. The first-order valence-corrected chi connectivity index (χ1v) is 5.51. The highest BCUT2D eigenvalue weighted by Crippen LogP contribution is 2.11. The number of benzene rings is 1. The largest absolute Gasteiger partial charge is 0.486 e. The lowest BCUT2D eigenvalue weighted by Crippen LogP contribution is -2.16. The van der Waals surface area contributed by atoms with Crippen LogP contribution in [0.15, 0.2) is 30.3 Å². The number of hydrogen-bond acceptors (Lipinski definition) is 6. The minimum absolute atomic E-state index is 0.195. The molecule has 6 nitrogen and oxygen atoms in total. The van der Waals surface area contributed by atoms with Gasteiger partial charge in [0.2, 0.25) is 11.9 Å². The Bertz CT molecular complexity index is 515. The summed E-state index contributed by atoms with van der Waals surface area (Å²) >= 11 is 0. The van der Waals surface area contributed by atoms with Crippen LogP contribution in [0.2, 0.25) is 0 Å². The van der Waals surface area contributed by atoms with Gasteiger partial charge in [-0.25, -0.2) is 0 Å². The lowest BCUT2D eigenvalue weighted by Gasteiger charge is -2.11. The lowest BCUT2D eigenvalue weighted by molar-refractivity contribution is 0.295. The van der Waals surface area contributed by atoms with Crippen molar-refractivity contribution in [3.63, 3.8) is 0 Å². The summed E-state index contributed by atoms with van der Waals surface area (Å²) in [4.78, 5) is 14.1. The summed E-state index contributed by atoms with van der Waals surface area (Å²) in [6, 6.07) is 9.48. The number of nitrogens with two attached hydrogens (primary N) is 1. The van der Waals surface area contributed by atoms with Gasteiger partial charge in [-0.3, -0.25) is 0 Å². The summed E-state index contributed by atoms with van der Waals surface area (Å²) in [5.41, 5.74) is 5.62. The van der Waals surface area contributed by atoms with Gasteiger partial charge in [-0.05, 0) is 12.1 Å². The highest BCUT2D eigenvalue weighted by atomic mass is 16.5. The van der Waals surface area contributed by atoms with Gasteiger partial charge in [0.25, 0.3) is 0 Å². The van der Waals surface area contributed by atoms with Gasteiger partial charge in [-0.2, -0.15) is 15.0 Å². The number of rotatable bonds is 4. The van der Waals surface area contributed by atoms with Gasteiger partial charge in [0, 0.05) is 14.1 Å². The second-order valence-electron chi connectivity index (χ2n) is 3.91. The summed E-state index contributed by atoms with van der Waals surface area (Å²) in [6.07, 6.45) is 0. The van der Waals surface area contributed by atoms with Crippen LogP contribution in [-0.2, 0) is 6.61 Å². The SMILES string of the molecule is CN(C)c1nc(N)nc(COc2ccccc2)n1. The Kier molecular flexibility index (Phi) is 3.57. The molecular weight excluding hydrogens is 230 g/mol. The molecular formula is C12H15N5O. The Hall–Kier alpha value is -2.37. The Balaban J connectivity index is 2.10. The van der Waals surface area contributed by atoms with Crippen LogP contribution in [0.4, 0.5) is 11.9 Å². The molecule has 0 radical (unpaired) electrons. The third-order valence-electron chi connectivity index (χ3n) is 2.20. The van der Waals surface area contributed by atoms with Gasteiger partial charge in [0.15, 0.2) is 5.82 Å². The van der Waals surface area contributed by atoms with Crippen LogP contribution in [0.25, 0.3) is 0 Å². The van der Waals surface area contributed by atoms with E-state index in [2.05, 4.69) is 15.0 Å². The standard InChI is InChI=1S/C12H15N5O/c1-17(2)12-15-10(14-11(13)16-12)8-18-9-6-4-3-5-7-9/h3-7H,8H2,1-2H3,(H2,13,14,15,16). The van der Waals surface area contributed by atoms with Gasteiger partial charge >= 0.3 is 0 Å². The van der Waals surface area contributed by atoms with E-state index in [-0.39, 0.29) is 12.6 Å². The Morgan fingerprint density at radius 1 is 1.11 bits per heavy atom. The van der Waals surface area contributed by atoms with Crippen molar-refractivity contribution in [2.75, 3.05) is 24.7 Å². The van der Waals surface area contributed by atoms with Crippen LogP contribution in [0, 0.1) is 0 Å². The van der Waals surface area contributed by atoms with Crippen molar-refractivity contribution in [3.8, 4) is 5.75 Å². The number of nitrogen functional groups attached to an aromatic ring is 1. The van der Waals surface area contributed by atoms with Gasteiger partial charge in [0.1, 0.15) is 12.4 Å². The first kappa shape index (κ1) is 12.1. The fraction of sp³-hybridized carbons (Fsp3) is 0.250. The van der Waals surface area contributed by atoms with Crippen LogP contribution < -0.4 is 15.4 Å². The molecule has 18 heavy (non-hydrogen) atoms. The summed E-state index contributed by atoms with van der Waals surface area (Å²) in [5, 5.41) is 0. The molecule has 1 aromatic carbocycles. The van der Waals surface area contributed by atoms with E-state index in [0.29, 0.717) is 11.8 Å². The van der Waals surface area contributed by atoms with E-state index in [1.807, 2.05) is 44.4 Å². The van der Waals surface area contributed by atoms with Gasteiger partial charge in [-0.1, -0.05) is 18.2 Å². The molecule has 0 saturated carbocycles. The minimum atomic E-state index is 0.195. The maximum absolute atomic E-state index is 5.62. The number of ether oxygens (including phenoxy) is 1. The number of aromatic nitrogens is 3. The predicted molar refractivity (Wildman–Crippen MR) is 69.3 cm³/mol. The Morgan fingerprint density at radius 3 is 2.50 bits per heavy atom. The summed E-state index contributed by atoms with van der Waals surface area (Å²) in [7, 11) is 3.69. The zero-order valence-corrected chi connectivity index (χ0v) is 10.4. The predicted octanol–water partition coefficient (Wildman–Crippen LogP) is 1.10. The fourth-order valence-electron chi connectivity index (χ4n) is 1.35. The fourth-order valence-corrected chi connectivity index (χ4v) is 1.35.